The largest absolute Gasteiger partial charge is 0.395 e. The van der Waals surface area contributed by atoms with Crippen molar-refractivity contribution in [2.45, 2.75) is 26.3 Å². The van der Waals surface area contributed by atoms with Crippen LogP contribution in [0.5, 0.6) is 0 Å². The number of rotatable bonds is 5. The maximum atomic E-state index is 8.87. The van der Waals surface area contributed by atoms with Gasteiger partial charge >= 0.3 is 0 Å². The number of aliphatic hydroxyl groups is 1. The van der Waals surface area contributed by atoms with Gasteiger partial charge in [-0.25, -0.2) is 4.98 Å². The lowest BCUT2D eigenvalue weighted by Gasteiger charge is -2.06. The normalized spacial score (nSPS) is 12.4. The third-order valence-electron chi connectivity index (χ3n) is 1.96. The molecule has 1 atom stereocenters. The first-order valence-corrected chi connectivity index (χ1v) is 4.69. The SMILES string of the molecule is CCCn1ncnc1CC(C#N)CO. The highest BCUT2D eigenvalue weighted by Gasteiger charge is 2.11. The van der Waals surface area contributed by atoms with Crippen LogP contribution in [-0.2, 0) is 13.0 Å². The van der Waals surface area contributed by atoms with Gasteiger partial charge in [0.05, 0.1) is 18.6 Å². The van der Waals surface area contributed by atoms with Gasteiger partial charge in [0.15, 0.2) is 0 Å². The number of aliphatic hydroxyl groups excluding tert-OH is 1. The van der Waals surface area contributed by atoms with Crippen molar-refractivity contribution < 1.29 is 5.11 Å². The minimum Gasteiger partial charge on any atom is -0.395 e. The second-order valence-corrected chi connectivity index (χ2v) is 3.11. The smallest absolute Gasteiger partial charge is 0.138 e. The Morgan fingerprint density at radius 2 is 2.50 bits per heavy atom. The summed E-state index contributed by atoms with van der Waals surface area (Å²) in [4.78, 5) is 4.06. The van der Waals surface area contributed by atoms with Crippen molar-refractivity contribution in [3.05, 3.63) is 12.2 Å². The highest BCUT2D eigenvalue weighted by molar-refractivity contribution is 4.94. The van der Waals surface area contributed by atoms with Gasteiger partial charge in [0, 0.05) is 13.0 Å². The zero-order chi connectivity index (χ0) is 10.4. The van der Waals surface area contributed by atoms with Crippen LogP contribution in [0.3, 0.4) is 0 Å². The van der Waals surface area contributed by atoms with E-state index in [1.54, 1.807) is 4.68 Å². The van der Waals surface area contributed by atoms with Crippen LogP contribution in [0.15, 0.2) is 6.33 Å². The van der Waals surface area contributed by atoms with Gasteiger partial charge in [-0.15, -0.1) is 0 Å². The van der Waals surface area contributed by atoms with Crippen molar-refractivity contribution in [1.82, 2.24) is 14.8 Å². The van der Waals surface area contributed by atoms with E-state index in [2.05, 4.69) is 17.0 Å². The lowest BCUT2D eigenvalue weighted by Crippen LogP contribution is -2.13. The minimum atomic E-state index is -0.380. The summed E-state index contributed by atoms with van der Waals surface area (Å²) in [5.74, 6) is 0.391. The molecule has 1 aromatic heterocycles. The summed E-state index contributed by atoms with van der Waals surface area (Å²) in [6, 6.07) is 2.03. The van der Waals surface area contributed by atoms with E-state index in [4.69, 9.17) is 10.4 Å². The van der Waals surface area contributed by atoms with Crippen LogP contribution in [0.4, 0.5) is 0 Å². The van der Waals surface area contributed by atoms with Crippen LogP contribution in [0.2, 0.25) is 0 Å². The van der Waals surface area contributed by atoms with Gasteiger partial charge < -0.3 is 5.11 Å². The van der Waals surface area contributed by atoms with Gasteiger partial charge in [-0.05, 0) is 6.42 Å². The molecule has 0 aromatic carbocycles. The Balaban J connectivity index is 2.66. The molecule has 0 fully saturated rings. The Hall–Kier alpha value is -1.41. The van der Waals surface area contributed by atoms with Crippen molar-refractivity contribution in [2.75, 3.05) is 6.61 Å². The molecule has 0 aliphatic heterocycles. The molecule has 1 heterocycles. The summed E-state index contributed by atoms with van der Waals surface area (Å²) in [5, 5.41) is 21.6. The van der Waals surface area contributed by atoms with Gasteiger partial charge in [0.1, 0.15) is 12.2 Å². The fourth-order valence-electron chi connectivity index (χ4n) is 1.22. The van der Waals surface area contributed by atoms with Gasteiger partial charge in [0.2, 0.25) is 0 Å². The maximum absolute atomic E-state index is 8.87. The average molecular weight is 194 g/mol. The standard InChI is InChI=1S/C9H14N4O/c1-2-3-13-9(11-7-12-13)4-8(5-10)6-14/h7-8,14H,2-4,6H2,1H3. The van der Waals surface area contributed by atoms with E-state index < -0.39 is 0 Å². The van der Waals surface area contributed by atoms with Crippen LogP contribution in [0, 0.1) is 17.2 Å². The Labute approximate surface area is 83.0 Å². The Kier molecular flexibility index (Phi) is 4.08. The second kappa shape index (κ2) is 5.35. The molecule has 0 aliphatic rings. The predicted molar refractivity (Wildman–Crippen MR) is 50.2 cm³/mol. The molecule has 76 valence electrons. The van der Waals surface area contributed by atoms with E-state index in [-0.39, 0.29) is 12.5 Å². The molecule has 5 heteroatoms. The van der Waals surface area contributed by atoms with Crippen molar-refractivity contribution in [1.29, 1.82) is 5.26 Å². The first-order valence-electron chi connectivity index (χ1n) is 4.69. The van der Waals surface area contributed by atoms with Gasteiger partial charge in [0.25, 0.3) is 0 Å². The van der Waals surface area contributed by atoms with Crippen LogP contribution < -0.4 is 0 Å². The molecule has 0 saturated carbocycles. The van der Waals surface area contributed by atoms with E-state index in [0.717, 1.165) is 18.8 Å². The molecule has 0 bridgehead atoms. The number of nitriles is 1. The molecule has 5 nitrogen and oxygen atoms in total. The van der Waals surface area contributed by atoms with E-state index in [9.17, 15) is 0 Å². The molecule has 1 rings (SSSR count). The number of aryl methyl sites for hydroxylation is 1. The van der Waals surface area contributed by atoms with Crippen molar-refractivity contribution >= 4 is 0 Å². The molecular formula is C9H14N4O. The third kappa shape index (κ3) is 2.54. The number of aromatic nitrogens is 3. The number of nitrogens with zero attached hydrogens (tertiary/aromatic N) is 4. The first kappa shape index (κ1) is 10.7. The van der Waals surface area contributed by atoms with Crippen molar-refractivity contribution in [3.63, 3.8) is 0 Å². The molecule has 0 saturated heterocycles. The summed E-state index contributed by atoms with van der Waals surface area (Å²) in [6.45, 7) is 2.73. The average Bonchev–Trinajstić information content (AvgIpc) is 2.62. The monoisotopic (exact) mass is 194 g/mol. The van der Waals surface area contributed by atoms with Crippen LogP contribution in [0.25, 0.3) is 0 Å². The second-order valence-electron chi connectivity index (χ2n) is 3.11. The van der Waals surface area contributed by atoms with Gasteiger partial charge in [-0.2, -0.15) is 10.4 Å². The topological polar surface area (TPSA) is 74.7 Å². The zero-order valence-corrected chi connectivity index (χ0v) is 8.22. The molecule has 1 N–H and O–H groups in total. The van der Waals surface area contributed by atoms with Gasteiger partial charge in [-0.1, -0.05) is 6.92 Å². The molecule has 1 unspecified atom stereocenters. The van der Waals surface area contributed by atoms with Crippen molar-refractivity contribution in [3.8, 4) is 6.07 Å². The fourth-order valence-corrected chi connectivity index (χ4v) is 1.22. The Morgan fingerprint density at radius 1 is 1.71 bits per heavy atom. The quantitative estimate of drug-likeness (QED) is 0.734. The van der Waals surface area contributed by atoms with E-state index >= 15 is 0 Å². The number of hydrogen-bond donors (Lipinski definition) is 1. The summed E-state index contributed by atoms with van der Waals surface area (Å²) in [6.07, 6.45) is 2.93. The minimum absolute atomic E-state index is 0.129. The molecule has 0 aliphatic carbocycles. The summed E-state index contributed by atoms with van der Waals surface area (Å²) in [5.41, 5.74) is 0. The summed E-state index contributed by atoms with van der Waals surface area (Å²) in [7, 11) is 0. The third-order valence-corrected chi connectivity index (χ3v) is 1.96. The molecule has 14 heavy (non-hydrogen) atoms. The van der Waals surface area contributed by atoms with Crippen molar-refractivity contribution in [2.24, 2.45) is 5.92 Å². The van der Waals surface area contributed by atoms with Crippen LogP contribution >= 0.6 is 0 Å². The highest BCUT2D eigenvalue weighted by Crippen LogP contribution is 2.05. The molecule has 0 spiro atoms. The molecule has 0 radical (unpaired) electrons. The Bertz CT molecular complexity index is 315. The molecular weight excluding hydrogens is 180 g/mol. The van der Waals surface area contributed by atoms with Gasteiger partial charge in [-0.3, -0.25) is 4.68 Å². The lowest BCUT2D eigenvalue weighted by molar-refractivity contribution is 0.253. The zero-order valence-electron chi connectivity index (χ0n) is 8.22. The summed E-state index contributed by atoms with van der Waals surface area (Å²) < 4.78 is 1.78. The van der Waals surface area contributed by atoms with Crippen LogP contribution in [0.1, 0.15) is 19.2 Å². The maximum Gasteiger partial charge on any atom is 0.138 e. The number of hydrogen-bond acceptors (Lipinski definition) is 4. The van der Waals surface area contributed by atoms with E-state index in [0.29, 0.717) is 6.42 Å². The lowest BCUT2D eigenvalue weighted by atomic mass is 10.1. The first-order chi connectivity index (χ1) is 6.81. The highest BCUT2D eigenvalue weighted by atomic mass is 16.3. The van der Waals surface area contributed by atoms with E-state index in [1.807, 2.05) is 6.07 Å². The fraction of sp³-hybridized carbons (Fsp3) is 0.667. The predicted octanol–water partition coefficient (Wildman–Crippen LogP) is 0.363. The Morgan fingerprint density at radius 3 is 3.07 bits per heavy atom. The van der Waals surface area contributed by atoms with Crippen LogP contribution in [-0.4, -0.2) is 26.5 Å². The van der Waals surface area contributed by atoms with E-state index in [1.165, 1.54) is 6.33 Å². The summed E-state index contributed by atoms with van der Waals surface area (Å²) >= 11 is 0. The molecule has 1 aromatic rings. The molecule has 0 amide bonds.